The summed E-state index contributed by atoms with van der Waals surface area (Å²) in [5.41, 5.74) is 1.93. The van der Waals surface area contributed by atoms with Crippen LogP contribution in [-0.4, -0.2) is 23.0 Å². The van der Waals surface area contributed by atoms with Crippen LogP contribution in [0.15, 0.2) is 72.8 Å². The maximum atomic E-state index is 13.1. The van der Waals surface area contributed by atoms with Crippen LogP contribution in [0.2, 0.25) is 0 Å². The molecule has 3 rings (SSSR count). The van der Waals surface area contributed by atoms with Crippen molar-refractivity contribution in [2.24, 2.45) is 0 Å². The highest BCUT2D eigenvalue weighted by molar-refractivity contribution is 5.76. The van der Waals surface area contributed by atoms with Crippen molar-refractivity contribution in [1.82, 2.24) is 0 Å². The lowest BCUT2D eigenvalue weighted by molar-refractivity contribution is -0.135. The van der Waals surface area contributed by atoms with Crippen LogP contribution >= 0.6 is 0 Å². The molecule has 1 atom stereocenters. The van der Waals surface area contributed by atoms with E-state index in [4.69, 9.17) is 18.9 Å². The molecule has 0 saturated heterocycles. The topological polar surface area (TPSA) is 108 Å². The van der Waals surface area contributed by atoms with Crippen molar-refractivity contribution in [3.8, 4) is 23.0 Å². The SMILES string of the molecule is CCCCCCCCCCCC(=O)Oc1ccc(C=CC(O)c2ccc(OC(C)=O)cc2OCc2ccccc2)c(OC(=O)CCCCCCCCCCC)c1. The molecule has 3 aromatic rings. The Kier molecular flexibility index (Phi) is 23.0. The average Bonchev–Trinajstić information content (AvgIpc) is 3.18. The number of carbonyl (C=O) groups excluding carboxylic acids is 3. The van der Waals surface area contributed by atoms with Gasteiger partial charge in [-0.2, -0.15) is 0 Å². The van der Waals surface area contributed by atoms with E-state index < -0.39 is 12.1 Å². The second-order valence-electron chi connectivity index (χ2n) is 14.7. The third-order valence-electron chi connectivity index (χ3n) is 9.67. The summed E-state index contributed by atoms with van der Waals surface area (Å²) in [5, 5.41) is 11.4. The van der Waals surface area contributed by atoms with Crippen molar-refractivity contribution >= 4 is 24.0 Å². The average molecular weight is 771 g/mol. The Bertz CT molecular complexity index is 1600. The first kappa shape index (κ1) is 46.0. The second kappa shape index (κ2) is 28.0. The summed E-state index contributed by atoms with van der Waals surface area (Å²) in [5.74, 6) is 0.0411. The number of benzene rings is 3. The number of aliphatic hydroxyl groups is 1. The van der Waals surface area contributed by atoms with Gasteiger partial charge in [-0.1, -0.05) is 159 Å². The molecule has 8 heteroatoms. The molecular weight excluding hydrogens is 705 g/mol. The standard InChI is InChI=1S/C48H66O8/c1-4-6-8-10-12-14-16-18-23-27-47(51)55-42-31-29-40(45(35-42)56-48(52)28-24-19-17-15-13-11-9-7-5-2)30-34-44(50)43-33-32-41(54-38(3)49)36-46(43)53-37-39-25-21-20-22-26-39/h20-22,25-26,29-36,44,50H,4-19,23-24,27-28,37H2,1-3H3. The zero-order valence-electron chi connectivity index (χ0n) is 34.2. The maximum Gasteiger partial charge on any atom is 0.311 e. The van der Waals surface area contributed by atoms with Crippen LogP contribution in [0, 0.1) is 0 Å². The van der Waals surface area contributed by atoms with E-state index in [1.54, 1.807) is 48.6 Å². The predicted molar refractivity (Wildman–Crippen MR) is 224 cm³/mol. The quantitative estimate of drug-likeness (QED) is 0.0422. The summed E-state index contributed by atoms with van der Waals surface area (Å²) in [4.78, 5) is 37.4. The number of aliphatic hydroxyl groups excluding tert-OH is 1. The molecule has 0 amide bonds. The van der Waals surface area contributed by atoms with Gasteiger partial charge in [-0.25, -0.2) is 0 Å². The van der Waals surface area contributed by atoms with E-state index in [-0.39, 0.29) is 30.7 Å². The summed E-state index contributed by atoms with van der Waals surface area (Å²) in [7, 11) is 0. The van der Waals surface area contributed by atoms with Crippen molar-refractivity contribution < 1.29 is 38.4 Å². The minimum atomic E-state index is -1.12. The van der Waals surface area contributed by atoms with E-state index in [1.807, 2.05) is 30.3 Å². The molecule has 56 heavy (non-hydrogen) atoms. The Morgan fingerprint density at radius 1 is 0.589 bits per heavy atom. The summed E-state index contributed by atoms with van der Waals surface area (Å²) in [6.07, 6.45) is 23.4. The molecule has 0 aromatic heterocycles. The van der Waals surface area contributed by atoms with Crippen LogP contribution in [0.4, 0.5) is 0 Å². The summed E-state index contributed by atoms with van der Waals surface area (Å²) < 4.78 is 22.9. The molecule has 1 unspecified atom stereocenters. The number of ether oxygens (including phenoxy) is 4. The summed E-state index contributed by atoms with van der Waals surface area (Å²) in [6.45, 7) is 6.01. The lowest BCUT2D eigenvalue weighted by atomic mass is 10.1. The van der Waals surface area contributed by atoms with Gasteiger partial charge in [-0.05, 0) is 42.7 Å². The highest BCUT2D eigenvalue weighted by atomic mass is 16.5. The maximum absolute atomic E-state index is 13.1. The number of esters is 3. The van der Waals surface area contributed by atoms with Crippen molar-refractivity contribution in [3.05, 3.63) is 89.5 Å². The molecule has 0 aliphatic heterocycles. The number of unbranched alkanes of at least 4 members (excludes halogenated alkanes) is 16. The molecule has 0 radical (unpaired) electrons. The van der Waals surface area contributed by atoms with Gasteiger partial charge in [0.1, 0.15) is 35.7 Å². The van der Waals surface area contributed by atoms with Crippen LogP contribution in [0.25, 0.3) is 6.08 Å². The van der Waals surface area contributed by atoms with E-state index in [9.17, 15) is 19.5 Å². The molecule has 0 bridgehead atoms. The first-order valence-electron chi connectivity index (χ1n) is 21.2. The van der Waals surface area contributed by atoms with Crippen LogP contribution in [0.3, 0.4) is 0 Å². The Hall–Kier alpha value is -4.43. The van der Waals surface area contributed by atoms with Gasteiger partial charge in [-0.3, -0.25) is 14.4 Å². The molecular formula is C48H66O8. The minimum Gasteiger partial charge on any atom is -0.488 e. The number of carbonyl (C=O) groups is 3. The molecule has 3 aromatic carbocycles. The zero-order chi connectivity index (χ0) is 40.2. The van der Waals surface area contributed by atoms with Gasteiger partial charge in [0.25, 0.3) is 0 Å². The highest BCUT2D eigenvalue weighted by Crippen LogP contribution is 2.33. The third kappa shape index (κ3) is 19.4. The number of hydrogen-bond acceptors (Lipinski definition) is 8. The lowest BCUT2D eigenvalue weighted by Gasteiger charge is -2.16. The lowest BCUT2D eigenvalue weighted by Crippen LogP contribution is -2.10. The zero-order valence-corrected chi connectivity index (χ0v) is 34.2. The fraction of sp³-hybridized carbons (Fsp3) is 0.521. The van der Waals surface area contributed by atoms with E-state index in [0.29, 0.717) is 34.8 Å². The fourth-order valence-corrected chi connectivity index (χ4v) is 6.47. The molecule has 1 N–H and O–H groups in total. The molecule has 8 nitrogen and oxygen atoms in total. The largest absolute Gasteiger partial charge is 0.488 e. The molecule has 0 spiro atoms. The molecule has 306 valence electrons. The minimum absolute atomic E-state index is 0.242. The van der Waals surface area contributed by atoms with Crippen LogP contribution in [0.1, 0.15) is 172 Å². The van der Waals surface area contributed by atoms with Crippen LogP contribution in [0.5, 0.6) is 23.0 Å². The van der Waals surface area contributed by atoms with Crippen molar-refractivity contribution in [3.63, 3.8) is 0 Å². The Balaban J connectivity index is 1.68. The molecule has 0 heterocycles. The highest BCUT2D eigenvalue weighted by Gasteiger charge is 2.16. The number of hydrogen-bond donors (Lipinski definition) is 1. The normalized spacial score (nSPS) is 11.7. The first-order chi connectivity index (χ1) is 27.3. The molecule has 0 aliphatic carbocycles. The van der Waals surface area contributed by atoms with Gasteiger partial charge in [-0.15, -0.1) is 0 Å². The van der Waals surface area contributed by atoms with Gasteiger partial charge < -0.3 is 24.1 Å². The smallest absolute Gasteiger partial charge is 0.311 e. The van der Waals surface area contributed by atoms with Gasteiger partial charge in [0, 0.05) is 43.0 Å². The van der Waals surface area contributed by atoms with Crippen molar-refractivity contribution in [2.75, 3.05) is 0 Å². The predicted octanol–water partition coefficient (Wildman–Crippen LogP) is 12.6. The number of rotatable bonds is 29. The van der Waals surface area contributed by atoms with Crippen molar-refractivity contribution in [1.29, 1.82) is 0 Å². The molecule has 0 saturated carbocycles. The molecule has 0 fully saturated rings. The van der Waals surface area contributed by atoms with E-state index >= 15 is 0 Å². The van der Waals surface area contributed by atoms with Gasteiger partial charge in [0.15, 0.2) is 0 Å². The van der Waals surface area contributed by atoms with E-state index in [0.717, 1.165) is 44.1 Å². The monoisotopic (exact) mass is 770 g/mol. The van der Waals surface area contributed by atoms with Crippen LogP contribution < -0.4 is 18.9 Å². The Morgan fingerprint density at radius 2 is 1.09 bits per heavy atom. The van der Waals surface area contributed by atoms with E-state index in [1.165, 1.54) is 84.0 Å². The van der Waals surface area contributed by atoms with Gasteiger partial charge in [0.2, 0.25) is 0 Å². The van der Waals surface area contributed by atoms with Crippen LogP contribution in [-0.2, 0) is 21.0 Å². The third-order valence-corrected chi connectivity index (χ3v) is 9.67. The summed E-state index contributed by atoms with van der Waals surface area (Å²) >= 11 is 0. The first-order valence-corrected chi connectivity index (χ1v) is 21.2. The van der Waals surface area contributed by atoms with E-state index in [2.05, 4.69) is 13.8 Å². The second-order valence-corrected chi connectivity index (χ2v) is 14.7. The Morgan fingerprint density at radius 3 is 1.66 bits per heavy atom. The molecule has 0 aliphatic rings. The van der Waals surface area contributed by atoms with Gasteiger partial charge in [0.05, 0.1) is 0 Å². The summed E-state index contributed by atoms with van der Waals surface area (Å²) in [6, 6.07) is 19.4. The Labute approximate surface area is 336 Å². The van der Waals surface area contributed by atoms with Crippen molar-refractivity contribution in [2.45, 2.75) is 162 Å². The van der Waals surface area contributed by atoms with Gasteiger partial charge >= 0.3 is 17.9 Å². The fourth-order valence-electron chi connectivity index (χ4n) is 6.47.